The summed E-state index contributed by atoms with van der Waals surface area (Å²) in [6.45, 7) is 1.80. The van der Waals surface area contributed by atoms with Gasteiger partial charge in [0, 0.05) is 16.9 Å². The first kappa shape index (κ1) is 13.5. The Bertz CT molecular complexity index is 600. The molecule has 3 nitrogen and oxygen atoms in total. The van der Waals surface area contributed by atoms with E-state index < -0.39 is 5.97 Å². The van der Waals surface area contributed by atoms with Crippen LogP contribution in [-0.4, -0.2) is 16.9 Å². The first-order valence-corrected chi connectivity index (χ1v) is 6.91. The molecule has 1 aromatic carbocycles. The minimum Gasteiger partial charge on any atom is -0.481 e. The fraction of sp³-hybridized carbons (Fsp3) is 0.200. The Labute approximate surface area is 115 Å². The Hall–Kier alpha value is -1.94. The summed E-state index contributed by atoms with van der Waals surface area (Å²) in [4.78, 5) is 23.7. The number of carboxylic acids is 1. The zero-order valence-corrected chi connectivity index (χ0v) is 11.4. The molecule has 0 atom stereocenters. The van der Waals surface area contributed by atoms with E-state index in [1.807, 2.05) is 23.6 Å². The van der Waals surface area contributed by atoms with Crippen LogP contribution >= 0.6 is 11.3 Å². The summed E-state index contributed by atoms with van der Waals surface area (Å²) in [7, 11) is 0. The van der Waals surface area contributed by atoms with Crippen LogP contribution in [0.15, 0.2) is 35.7 Å². The summed E-state index contributed by atoms with van der Waals surface area (Å²) in [6.07, 6.45) is 0.350. The van der Waals surface area contributed by atoms with Gasteiger partial charge < -0.3 is 5.11 Å². The molecule has 2 rings (SSSR count). The van der Waals surface area contributed by atoms with Crippen molar-refractivity contribution in [1.29, 1.82) is 0 Å². The van der Waals surface area contributed by atoms with Gasteiger partial charge in [0.05, 0.1) is 6.42 Å². The largest absolute Gasteiger partial charge is 0.481 e. The smallest absolute Gasteiger partial charge is 0.307 e. The molecule has 98 valence electrons. The number of hydrogen-bond acceptors (Lipinski definition) is 3. The molecular formula is C15H14O3S. The predicted octanol–water partition coefficient (Wildman–Crippen LogP) is 3.63. The van der Waals surface area contributed by atoms with Crippen molar-refractivity contribution in [2.45, 2.75) is 19.8 Å². The Morgan fingerprint density at radius 3 is 2.63 bits per heavy atom. The Morgan fingerprint density at radius 2 is 2.05 bits per heavy atom. The Balaban J connectivity index is 2.48. The van der Waals surface area contributed by atoms with E-state index in [0.717, 1.165) is 10.4 Å². The number of hydrogen-bond donors (Lipinski definition) is 1. The molecule has 0 radical (unpaired) electrons. The predicted molar refractivity (Wildman–Crippen MR) is 75.7 cm³/mol. The number of rotatable bonds is 5. The highest BCUT2D eigenvalue weighted by atomic mass is 32.1. The standard InChI is InChI=1S/C15H14O3S/c1-2-13(16)10-5-6-12(14-4-3-7-19-14)11(8-10)9-15(17)18/h3-8H,2,9H2,1H3,(H,17,18). The lowest BCUT2D eigenvalue weighted by molar-refractivity contribution is -0.136. The molecule has 0 fully saturated rings. The number of carbonyl (C=O) groups is 2. The van der Waals surface area contributed by atoms with E-state index in [0.29, 0.717) is 17.5 Å². The van der Waals surface area contributed by atoms with Crippen LogP contribution in [0.4, 0.5) is 0 Å². The molecule has 2 aromatic rings. The quantitative estimate of drug-likeness (QED) is 0.847. The highest BCUT2D eigenvalue weighted by Crippen LogP contribution is 2.29. The maximum absolute atomic E-state index is 11.7. The van der Waals surface area contributed by atoms with Gasteiger partial charge in [-0.25, -0.2) is 0 Å². The van der Waals surface area contributed by atoms with Crippen LogP contribution in [0.1, 0.15) is 29.3 Å². The van der Waals surface area contributed by atoms with Crippen LogP contribution in [0.25, 0.3) is 10.4 Å². The van der Waals surface area contributed by atoms with Gasteiger partial charge in [0.25, 0.3) is 0 Å². The molecule has 4 heteroatoms. The van der Waals surface area contributed by atoms with E-state index in [2.05, 4.69) is 0 Å². The molecule has 1 N–H and O–H groups in total. The average Bonchev–Trinajstić information content (AvgIpc) is 2.90. The van der Waals surface area contributed by atoms with Crippen molar-refractivity contribution in [3.05, 3.63) is 46.8 Å². The second-order valence-corrected chi connectivity index (χ2v) is 5.14. The van der Waals surface area contributed by atoms with Crippen LogP contribution in [0.5, 0.6) is 0 Å². The van der Waals surface area contributed by atoms with Gasteiger partial charge in [0.15, 0.2) is 5.78 Å². The van der Waals surface area contributed by atoms with Gasteiger partial charge in [-0.05, 0) is 28.6 Å². The third-order valence-electron chi connectivity index (χ3n) is 2.88. The summed E-state index contributed by atoms with van der Waals surface area (Å²) in [6, 6.07) is 9.19. The van der Waals surface area contributed by atoms with Crippen molar-refractivity contribution >= 4 is 23.1 Å². The van der Waals surface area contributed by atoms with Crippen molar-refractivity contribution < 1.29 is 14.7 Å². The molecule has 19 heavy (non-hydrogen) atoms. The molecule has 0 saturated heterocycles. The number of aliphatic carboxylic acids is 1. The summed E-state index contributed by atoms with van der Waals surface area (Å²) >= 11 is 1.56. The van der Waals surface area contributed by atoms with Gasteiger partial charge in [-0.15, -0.1) is 11.3 Å². The van der Waals surface area contributed by atoms with Crippen molar-refractivity contribution in [3.8, 4) is 10.4 Å². The third kappa shape index (κ3) is 3.09. The maximum Gasteiger partial charge on any atom is 0.307 e. The number of carboxylic acid groups (broad SMARTS) is 1. The summed E-state index contributed by atoms with van der Waals surface area (Å²) in [5.41, 5.74) is 2.17. The SMILES string of the molecule is CCC(=O)c1ccc(-c2cccs2)c(CC(=O)O)c1. The number of benzene rings is 1. The van der Waals surface area contributed by atoms with Crippen molar-refractivity contribution in [2.75, 3.05) is 0 Å². The minimum absolute atomic E-state index is 0.0318. The number of carbonyl (C=O) groups excluding carboxylic acids is 1. The van der Waals surface area contributed by atoms with E-state index in [1.54, 1.807) is 30.4 Å². The second kappa shape index (κ2) is 5.80. The average molecular weight is 274 g/mol. The van der Waals surface area contributed by atoms with Gasteiger partial charge in [-0.1, -0.05) is 25.1 Å². The first-order valence-electron chi connectivity index (χ1n) is 6.03. The Kier molecular flexibility index (Phi) is 4.12. The van der Waals surface area contributed by atoms with E-state index in [4.69, 9.17) is 5.11 Å². The molecule has 0 aliphatic carbocycles. The molecule has 1 aromatic heterocycles. The molecular weight excluding hydrogens is 260 g/mol. The molecule has 0 unspecified atom stereocenters. The van der Waals surface area contributed by atoms with E-state index in [1.165, 1.54) is 0 Å². The number of ketones is 1. The monoisotopic (exact) mass is 274 g/mol. The summed E-state index contributed by atoms with van der Waals surface area (Å²) in [5.74, 6) is -0.858. The fourth-order valence-corrected chi connectivity index (χ4v) is 2.74. The minimum atomic E-state index is -0.890. The van der Waals surface area contributed by atoms with Gasteiger partial charge in [-0.2, -0.15) is 0 Å². The van der Waals surface area contributed by atoms with Gasteiger partial charge >= 0.3 is 5.97 Å². The molecule has 1 heterocycles. The van der Waals surface area contributed by atoms with Crippen molar-refractivity contribution in [3.63, 3.8) is 0 Å². The maximum atomic E-state index is 11.7. The second-order valence-electron chi connectivity index (χ2n) is 4.20. The highest BCUT2D eigenvalue weighted by molar-refractivity contribution is 7.13. The number of thiophene rings is 1. The van der Waals surface area contributed by atoms with Crippen LogP contribution in [-0.2, 0) is 11.2 Å². The van der Waals surface area contributed by atoms with Gasteiger partial charge in [-0.3, -0.25) is 9.59 Å². The lowest BCUT2D eigenvalue weighted by Crippen LogP contribution is -2.04. The van der Waals surface area contributed by atoms with Crippen LogP contribution in [0, 0.1) is 0 Å². The first-order chi connectivity index (χ1) is 9.11. The lowest BCUT2D eigenvalue weighted by Gasteiger charge is -2.08. The molecule has 0 aliphatic rings. The van der Waals surface area contributed by atoms with E-state index in [9.17, 15) is 9.59 Å². The van der Waals surface area contributed by atoms with Crippen LogP contribution in [0.3, 0.4) is 0 Å². The highest BCUT2D eigenvalue weighted by Gasteiger charge is 2.13. The van der Waals surface area contributed by atoms with Crippen LogP contribution < -0.4 is 0 Å². The molecule has 0 saturated carbocycles. The summed E-state index contributed by atoms with van der Waals surface area (Å²) in [5, 5.41) is 10.9. The number of Topliss-reactive ketones (excluding diaryl/α,β-unsaturated/α-hetero) is 1. The van der Waals surface area contributed by atoms with E-state index >= 15 is 0 Å². The molecule has 0 amide bonds. The van der Waals surface area contributed by atoms with Crippen LogP contribution in [0.2, 0.25) is 0 Å². The molecule has 0 spiro atoms. The zero-order valence-electron chi connectivity index (χ0n) is 10.6. The van der Waals surface area contributed by atoms with Gasteiger partial charge in [0.1, 0.15) is 0 Å². The topological polar surface area (TPSA) is 54.4 Å². The fourth-order valence-electron chi connectivity index (χ4n) is 1.95. The third-order valence-corrected chi connectivity index (χ3v) is 3.78. The Morgan fingerprint density at radius 1 is 1.26 bits per heavy atom. The molecule has 0 aliphatic heterocycles. The lowest BCUT2D eigenvalue weighted by atomic mass is 9.97. The molecule has 0 bridgehead atoms. The van der Waals surface area contributed by atoms with Crippen molar-refractivity contribution in [1.82, 2.24) is 0 Å². The summed E-state index contributed by atoms with van der Waals surface area (Å²) < 4.78 is 0. The van der Waals surface area contributed by atoms with E-state index in [-0.39, 0.29) is 12.2 Å². The van der Waals surface area contributed by atoms with Gasteiger partial charge in [0.2, 0.25) is 0 Å². The normalized spacial score (nSPS) is 10.4. The zero-order chi connectivity index (χ0) is 13.8. The van der Waals surface area contributed by atoms with Crippen molar-refractivity contribution in [2.24, 2.45) is 0 Å².